The third-order valence-electron chi connectivity index (χ3n) is 2.96. The summed E-state index contributed by atoms with van der Waals surface area (Å²) in [5, 5.41) is 5.02. The summed E-state index contributed by atoms with van der Waals surface area (Å²) >= 11 is 1.28. The van der Waals surface area contributed by atoms with Crippen LogP contribution < -0.4 is 10.5 Å². The maximum Gasteiger partial charge on any atom is 0.356 e. The number of methoxy groups -OCH3 is 1. The van der Waals surface area contributed by atoms with Crippen molar-refractivity contribution >= 4 is 27.4 Å². The number of aromatic nitrogens is 3. The summed E-state index contributed by atoms with van der Waals surface area (Å²) < 4.78 is 5.81. The first-order valence-corrected chi connectivity index (χ1v) is 7.44. The monoisotopic (exact) mass is 310 g/mol. The predicted molar refractivity (Wildman–Crippen MR) is 81.2 cm³/mol. The molecule has 0 aromatic carbocycles. The standard InChI is InChI=1S/C13H18N4O3S/c1-7(2)16(8(3)4)13-15-17-10(18)6-9(11(19)20-5)14-12(17)21-13/h6-8H,1-5H3. The lowest BCUT2D eigenvalue weighted by Gasteiger charge is -2.29. The van der Waals surface area contributed by atoms with Crippen molar-refractivity contribution in [1.82, 2.24) is 14.6 Å². The van der Waals surface area contributed by atoms with Gasteiger partial charge in [-0.05, 0) is 27.7 Å². The van der Waals surface area contributed by atoms with Gasteiger partial charge in [-0.25, -0.2) is 9.78 Å². The molecule has 0 saturated carbocycles. The van der Waals surface area contributed by atoms with Gasteiger partial charge in [0.05, 0.1) is 7.11 Å². The molecule has 0 aliphatic carbocycles. The molecule has 2 rings (SSSR count). The summed E-state index contributed by atoms with van der Waals surface area (Å²) in [4.78, 5) is 30.2. The highest BCUT2D eigenvalue weighted by molar-refractivity contribution is 7.20. The summed E-state index contributed by atoms with van der Waals surface area (Å²) in [7, 11) is 1.25. The van der Waals surface area contributed by atoms with E-state index in [0.29, 0.717) is 10.1 Å². The number of esters is 1. The van der Waals surface area contributed by atoms with E-state index >= 15 is 0 Å². The molecule has 2 aromatic heterocycles. The fourth-order valence-electron chi connectivity index (χ4n) is 2.15. The van der Waals surface area contributed by atoms with Crippen LogP contribution in [-0.2, 0) is 4.74 Å². The van der Waals surface area contributed by atoms with Gasteiger partial charge in [0.15, 0.2) is 5.69 Å². The molecule has 0 aliphatic rings. The number of rotatable bonds is 4. The summed E-state index contributed by atoms with van der Waals surface area (Å²) in [6.45, 7) is 8.23. The topological polar surface area (TPSA) is 76.8 Å². The second kappa shape index (κ2) is 5.80. The third kappa shape index (κ3) is 2.90. The van der Waals surface area contributed by atoms with Crippen molar-refractivity contribution in [2.24, 2.45) is 0 Å². The van der Waals surface area contributed by atoms with Gasteiger partial charge in [0.2, 0.25) is 10.1 Å². The van der Waals surface area contributed by atoms with Crippen LogP contribution in [0.4, 0.5) is 5.13 Å². The molecule has 8 heteroatoms. The van der Waals surface area contributed by atoms with Crippen LogP contribution in [0.5, 0.6) is 0 Å². The van der Waals surface area contributed by atoms with Gasteiger partial charge in [0.25, 0.3) is 5.56 Å². The van der Waals surface area contributed by atoms with E-state index in [2.05, 4.69) is 47.4 Å². The molecule has 0 unspecified atom stereocenters. The highest BCUT2D eigenvalue weighted by Gasteiger charge is 2.20. The van der Waals surface area contributed by atoms with Crippen LogP contribution in [0.15, 0.2) is 10.9 Å². The quantitative estimate of drug-likeness (QED) is 0.798. The molecule has 114 valence electrons. The minimum Gasteiger partial charge on any atom is -0.464 e. The molecule has 0 saturated heterocycles. The van der Waals surface area contributed by atoms with Crippen LogP contribution in [0.3, 0.4) is 0 Å². The first-order chi connectivity index (χ1) is 9.85. The number of nitrogens with zero attached hydrogens (tertiary/aromatic N) is 4. The molecule has 2 aromatic rings. The zero-order valence-corrected chi connectivity index (χ0v) is 13.5. The van der Waals surface area contributed by atoms with Gasteiger partial charge in [-0.1, -0.05) is 11.3 Å². The Labute approximate surface area is 126 Å². The Morgan fingerprint density at radius 3 is 2.48 bits per heavy atom. The maximum atomic E-state index is 12.0. The largest absolute Gasteiger partial charge is 0.464 e. The molecular formula is C13H18N4O3S. The van der Waals surface area contributed by atoms with Crippen LogP contribution in [-0.4, -0.2) is 39.8 Å². The van der Waals surface area contributed by atoms with Gasteiger partial charge in [0.1, 0.15) is 0 Å². The number of fused-ring (bicyclic) bond motifs is 1. The normalized spacial score (nSPS) is 11.4. The Kier molecular flexibility index (Phi) is 4.26. The molecule has 2 heterocycles. The molecule has 0 bridgehead atoms. The first-order valence-electron chi connectivity index (χ1n) is 6.62. The molecule has 0 amide bonds. The van der Waals surface area contributed by atoms with Crippen molar-refractivity contribution in [3.8, 4) is 0 Å². The van der Waals surface area contributed by atoms with Gasteiger partial charge >= 0.3 is 5.97 Å². The third-order valence-corrected chi connectivity index (χ3v) is 3.88. The van der Waals surface area contributed by atoms with Crippen molar-refractivity contribution in [1.29, 1.82) is 0 Å². The predicted octanol–water partition coefficient (Wildman–Crippen LogP) is 1.56. The van der Waals surface area contributed by atoms with Gasteiger partial charge in [-0.3, -0.25) is 4.79 Å². The Morgan fingerprint density at radius 2 is 1.95 bits per heavy atom. The van der Waals surface area contributed by atoms with Gasteiger partial charge in [-0.2, -0.15) is 4.52 Å². The molecular weight excluding hydrogens is 292 g/mol. The van der Waals surface area contributed by atoms with Gasteiger partial charge in [0, 0.05) is 18.2 Å². The van der Waals surface area contributed by atoms with Crippen molar-refractivity contribution in [3.05, 3.63) is 22.1 Å². The Balaban J connectivity index is 2.58. The van der Waals surface area contributed by atoms with E-state index in [1.54, 1.807) is 0 Å². The van der Waals surface area contributed by atoms with Crippen molar-refractivity contribution in [3.63, 3.8) is 0 Å². The van der Waals surface area contributed by atoms with Crippen molar-refractivity contribution in [2.75, 3.05) is 12.0 Å². The fraction of sp³-hybridized carbons (Fsp3) is 0.538. The molecule has 0 aliphatic heterocycles. The van der Waals surface area contributed by atoms with Crippen molar-refractivity contribution in [2.45, 2.75) is 39.8 Å². The molecule has 21 heavy (non-hydrogen) atoms. The van der Waals surface area contributed by atoms with Crippen LogP contribution in [0, 0.1) is 0 Å². The number of carbonyl (C=O) groups excluding carboxylic acids is 1. The molecule has 0 atom stereocenters. The summed E-state index contributed by atoms with van der Waals surface area (Å²) in [5.74, 6) is -0.630. The van der Waals surface area contributed by atoms with E-state index in [1.165, 1.54) is 23.0 Å². The lowest BCUT2D eigenvalue weighted by atomic mass is 10.2. The molecule has 0 spiro atoms. The minimum atomic E-state index is -0.630. The summed E-state index contributed by atoms with van der Waals surface area (Å²) in [6, 6.07) is 1.61. The second-order valence-electron chi connectivity index (χ2n) is 5.14. The number of hydrogen-bond acceptors (Lipinski definition) is 7. The van der Waals surface area contributed by atoms with Gasteiger partial charge < -0.3 is 9.64 Å². The highest BCUT2D eigenvalue weighted by Crippen LogP contribution is 2.25. The van der Waals surface area contributed by atoms with Crippen LogP contribution in [0.1, 0.15) is 38.2 Å². The van der Waals surface area contributed by atoms with E-state index in [0.717, 1.165) is 6.07 Å². The minimum absolute atomic E-state index is 0.00153. The molecule has 0 radical (unpaired) electrons. The Hall–Kier alpha value is -1.96. The molecule has 7 nitrogen and oxygen atoms in total. The zero-order valence-electron chi connectivity index (χ0n) is 12.7. The zero-order chi connectivity index (χ0) is 15.7. The van der Waals surface area contributed by atoms with E-state index in [-0.39, 0.29) is 17.8 Å². The second-order valence-corrected chi connectivity index (χ2v) is 6.08. The SMILES string of the molecule is COC(=O)c1cc(=O)n2nc(N(C(C)C)C(C)C)sc2n1. The highest BCUT2D eigenvalue weighted by atomic mass is 32.1. The molecule has 0 N–H and O–H groups in total. The Bertz CT molecular complexity index is 712. The number of carbonyl (C=O) groups is 1. The van der Waals surface area contributed by atoms with Gasteiger partial charge in [-0.15, -0.1) is 5.10 Å². The Morgan fingerprint density at radius 1 is 1.33 bits per heavy atom. The smallest absolute Gasteiger partial charge is 0.356 e. The van der Waals surface area contributed by atoms with Crippen LogP contribution in [0.2, 0.25) is 0 Å². The van der Waals surface area contributed by atoms with E-state index in [9.17, 15) is 9.59 Å². The first kappa shape index (κ1) is 15.4. The van der Waals surface area contributed by atoms with E-state index < -0.39 is 11.5 Å². The van der Waals surface area contributed by atoms with Crippen LogP contribution >= 0.6 is 11.3 Å². The lowest BCUT2D eigenvalue weighted by Crippen LogP contribution is -2.37. The number of anilines is 1. The number of hydrogen-bond donors (Lipinski definition) is 0. The molecule has 0 fully saturated rings. The fourth-order valence-corrected chi connectivity index (χ4v) is 3.33. The summed E-state index contributed by atoms with van der Waals surface area (Å²) in [6.07, 6.45) is 0. The van der Waals surface area contributed by atoms with E-state index in [4.69, 9.17) is 0 Å². The summed E-state index contributed by atoms with van der Waals surface area (Å²) in [5.41, 5.74) is -0.395. The van der Waals surface area contributed by atoms with Crippen LogP contribution in [0.25, 0.3) is 4.96 Å². The number of ether oxygens (including phenoxy) is 1. The van der Waals surface area contributed by atoms with E-state index in [1.807, 2.05) is 0 Å². The van der Waals surface area contributed by atoms with Crippen molar-refractivity contribution < 1.29 is 9.53 Å². The lowest BCUT2D eigenvalue weighted by molar-refractivity contribution is 0.0594. The maximum absolute atomic E-state index is 12.0. The average molecular weight is 310 g/mol. The average Bonchev–Trinajstić information content (AvgIpc) is 2.80.